The van der Waals surface area contributed by atoms with E-state index in [2.05, 4.69) is 181 Å². The number of hydrogen-bond donors (Lipinski definition) is 0. The van der Waals surface area contributed by atoms with Crippen LogP contribution in [0, 0.1) is 0 Å². The van der Waals surface area contributed by atoms with Crippen LogP contribution in [0.1, 0.15) is 17.5 Å². The molecule has 0 fully saturated rings. The largest absolute Gasteiger partial charge is 0.456 e. The molecule has 1 aliphatic heterocycles. The quantitative estimate of drug-likeness (QED) is 0.180. The number of para-hydroxylation sites is 1. The van der Waals surface area contributed by atoms with Crippen LogP contribution in [0.2, 0.25) is 0 Å². The highest BCUT2D eigenvalue weighted by Crippen LogP contribution is 2.47. The van der Waals surface area contributed by atoms with Crippen LogP contribution in [0.15, 0.2) is 182 Å². The SMILES string of the molecule is C1=C2Oc3ccc(-c4ccc5c(c4)c4ccccc4n5-c4cccc(-c5cc(-c6ccccc6)cc(-c6ccccc6)n5)c4)cc3-c3cccc(c32)CC1. The summed E-state index contributed by atoms with van der Waals surface area (Å²) in [6.45, 7) is 0. The average molecular weight is 691 g/mol. The van der Waals surface area contributed by atoms with Crippen molar-refractivity contribution in [1.82, 2.24) is 9.55 Å². The fourth-order valence-corrected chi connectivity index (χ4v) is 8.47. The summed E-state index contributed by atoms with van der Waals surface area (Å²) < 4.78 is 8.85. The van der Waals surface area contributed by atoms with Gasteiger partial charge in [-0.15, -0.1) is 0 Å². The number of allylic oxidation sites excluding steroid dienone is 1. The van der Waals surface area contributed by atoms with Gasteiger partial charge in [0, 0.05) is 38.7 Å². The van der Waals surface area contributed by atoms with E-state index >= 15 is 0 Å². The first-order chi connectivity index (χ1) is 26.7. The summed E-state index contributed by atoms with van der Waals surface area (Å²) in [7, 11) is 0. The molecule has 3 heteroatoms. The Kier molecular flexibility index (Phi) is 6.99. The summed E-state index contributed by atoms with van der Waals surface area (Å²) in [6.07, 6.45) is 4.31. The number of hydrogen-bond acceptors (Lipinski definition) is 2. The van der Waals surface area contributed by atoms with Gasteiger partial charge in [-0.25, -0.2) is 4.98 Å². The molecule has 1 aliphatic carbocycles. The third-order valence-electron chi connectivity index (χ3n) is 11.0. The van der Waals surface area contributed by atoms with Crippen LogP contribution in [0.3, 0.4) is 0 Å². The number of nitrogens with zero attached hydrogens (tertiary/aromatic N) is 2. The molecule has 0 saturated heterocycles. The topological polar surface area (TPSA) is 27.1 Å². The minimum atomic E-state index is 0.925. The summed E-state index contributed by atoms with van der Waals surface area (Å²) in [5, 5.41) is 2.45. The number of benzene rings is 7. The molecule has 7 aromatic carbocycles. The van der Waals surface area contributed by atoms with Crippen LogP contribution < -0.4 is 4.74 Å². The number of aromatic nitrogens is 2. The van der Waals surface area contributed by atoms with Crippen LogP contribution in [0.5, 0.6) is 5.75 Å². The smallest absolute Gasteiger partial charge is 0.135 e. The molecule has 0 radical (unpaired) electrons. The predicted octanol–water partition coefficient (Wildman–Crippen LogP) is 13.2. The lowest BCUT2D eigenvalue weighted by Crippen LogP contribution is -2.11. The second-order valence-electron chi connectivity index (χ2n) is 14.3. The highest BCUT2D eigenvalue weighted by molar-refractivity contribution is 6.10. The van der Waals surface area contributed by atoms with Crippen LogP contribution in [0.4, 0.5) is 0 Å². The van der Waals surface area contributed by atoms with Crippen molar-refractivity contribution in [2.45, 2.75) is 12.8 Å². The molecule has 54 heavy (non-hydrogen) atoms. The monoisotopic (exact) mass is 690 g/mol. The van der Waals surface area contributed by atoms with Gasteiger partial charge < -0.3 is 9.30 Å². The Morgan fingerprint density at radius 1 is 0.463 bits per heavy atom. The van der Waals surface area contributed by atoms with E-state index in [1.807, 2.05) is 6.07 Å². The van der Waals surface area contributed by atoms with Crippen LogP contribution in [-0.4, -0.2) is 9.55 Å². The van der Waals surface area contributed by atoms with E-state index in [1.165, 1.54) is 55.2 Å². The summed E-state index contributed by atoms with van der Waals surface area (Å²) >= 11 is 0. The van der Waals surface area contributed by atoms with Crippen molar-refractivity contribution < 1.29 is 4.74 Å². The van der Waals surface area contributed by atoms with Gasteiger partial charge in [0.2, 0.25) is 0 Å². The molecule has 0 bridgehead atoms. The highest BCUT2D eigenvalue weighted by Gasteiger charge is 2.26. The van der Waals surface area contributed by atoms with Crippen molar-refractivity contribution in [3.05, 3.63) is 193 Å². The minimum Gasteiger partial charge on any atom is -0.456 e. The van der Waals surface area contributed by atoms with E-state index in [4.69, 9.17) is 9.72 Å². The van der Waals surface area contributed by atoms with Gasteiger partial charge >= 0.3 is 0 Å². The lowest BCUT2D eigenvalue weighted by molar-refractivity contribution is 0.505. The summed E-state index contributed by atoms with van der Waals surface area (Å²) in [4.78, 5) is 5.23. The third kappa shape index (κ3) is 5.01. The molecular weight excluding hydrogens is 657 g/mol. The van der Waals surface area contributed by atoms with E-state index in [1.54, 1.807) is 0 Å². The molecule has 0 spiro atoms. The molecule has 0 amide bonds. The Balaban J connectivity index is 1.03. The van der Waals surface area contributed by atoms with E-state index in [0.29, 0.717) is 0 Å². The van der Waals surface area contributed by atoms with E-state index < -0.39 is 0 Å². The zero-order valence-corrected chi connectivity index (χ0v) is 29.5. The molecule has 3 nitrogen and oxygen atoms in total. The van der Waals surface area contributed by atoms with Crippen molar-refractivity contribution in [1.29, 1.82) is 0 Å². The van der Waals surface area contributed by atoms with Crippen LogP contribution >= 0.6 is 0 Å². The fraction of sp³-hybridized carbons (Fsp3) is 0.0392. The molecule has 0 saturated carbocycles. The Morgan fingerprint density at radius 2 is 1.17 bits per heavy atom. The number of fused-ring (bicyclic) bond motifs is 5. The van der Waals surface area contributed by atoms with Gasteiger partial charge in [-0.2, -0.15) is 0 Å². The first-order valence-corrected chi connectivity index (χ1v) is 18.7. The molecular formula is C51H34N2O. The molecule has 11 rings (SSSR count). The number of rotatable bonds is 5. The van der Waals surface area contributed by atoms with Gasteiger partial charge in [0.1, 0.15) is 11.5 Å². The summed E-state index contributed by atoms with van der Waals surface area (Å²) in [6, 6.07) is 63.2. The van der Waals surface area contributed by atoms with Gasteiger partial charge in [-0.05, 0) is 107 Å². The second-order valence-corrected chi connectivity index (χ2v) is 14.3. The number of aryl methyl sites for hydroxylation is 1. The molecule has 3 heterocycles. The standard InChI is InChI=1S/C51H34N2O/c1-3-12-33(13-4-1)39-31-45(34-14-5-2-6-15-34)52-46(32-39)38-18-9-19-40(28-38)53-47-22-8-7-20-41(47)43-29-36(24-26-48(43)53)37-25-27-49-44(30-37)42-21-10-16-35-17-11-23-50(54-49)51(35)42/h1-10,12-16,18-32H,11,17H2. The lowest BCUT2D eigenvalue weighted by Gasteiger charge is -2.28. The fourth-order valence-electron chi connectivity index (χ4n) is 8.47. The Morgan fingerprint density at radius 3 is 2.04 bits per heavy atom. The first kappa shape index (κ1) is 30.6. The van der Waals surface area contributed by atoms with Crippen molar-refractivity contribution in [2.24, 2.45) is 0 Å². The maximum atomic E-state index is 6.46. The molecule has 2 aliphatic rings. The molecule has 2 aromatic heterocycles. The Bertz CT molecular complexity index is 2900. The van der Waals surface area contributed by atoms with Gasteiger partial charge in [0.05, 0.1) is 22.4 Å². The molecule has 0 N–H and O–H groups in total. The second kappa shape index (κ2) is 12.3. The Hall–Kier alpha value is -6.97. The minimum absolute atomic E-state index is 0.925. The van der Waals surface area contributed by atoms with Crippen molar-refractivity contribution in [3.8, 4) is 67.3 Å². The van der Waals surface area contributed by atoms with Gasteiger partial charge in [-0.1, -0.05) is 121 Å². The first-order valence-electron chi connectivity index (χ1n) is 18.7. The van der Waals surface area contributed by atoms with Crippen LogP contribution in [0.25, 0.3) is 89.1 Å². The maximum Gasteiger partial charge on any atom is 0.135 e. The third-order valence-corrected chi connectivity index (χ3v) is 11.0. The molecule has 0 atom stereocenters. The van der Waals surface area contributed by atoms with Crippen LogP contribution in [-0.2, 0) is 6.42 Å². The summed E-state index contributed by atoms with van der Waals surface area (Å²) in [5.74, 6) is 1.93. The number of ether oxygens (including phenoxy) is 1. The summed E-state index contributed by atoms with van der Waals surface area (Å²) in [5.41, 5.74) is 17.2. The van der Waals surface area contributed by atoms with Gasteiger partial charge in [-0.3, -0.25) is 0 Å². The van der Waals surface area contributed by atoms with Crippen molar-refractivity contribution in [3.63, 3.8) is 0 Å². The Labute approximate surface area is 314 Å². The normalized spacial score (nSPS) is 12.9. The van der Waals surface area contributed by atoms with Gasteiger partial charge in [0.15, 0.2) is 0 Å². The lowest BCUT2D eigenvalue weighted by atomic mass is 9.86. The van der Waals surface area contributed by atoms with Gasteiger partial charge in [0.25, 0.3) is 0 Å². The highest BCUT2D eigenvalue weighted by atomic mass is 16.5. The zero-order valence-electron chi connectivity index (χ0n) is 29.5. The predicted molar refractivity (Wildman–Crippen MR) is 223 cm³/mol. The maximum absolute atomic E-state index is 6.46. The number of pyridine rings is 1. The van der Waals surface area contributed by atoms with E-state index in [9.17, 15) is 0 Å². The molecule has 9 aromatic rings. The molecule has 254 valence electrons. The zero-order chi connectivity index (χ0) is 35.6. The van der Waals surface area contributed by atoms with Crippen molar-refractivity contribution >= 4 is 27.6 Å². The van der Waals surface area contributed by atoms with E-state index in [0.717, 1.165) is 63.7 Å². The van der Waals surface area contributed by atoms with Crippen molar-refractivity contribution in [2.75, 3.05) is 0 Å². The van der Waals surface area contributed by atoms with E-state index in [-0.39, 0.29) is 0 Å². The average Bonchev–Trinajstić information content (AvgIpc) is 3.58. The molecule has 0 unspecified atom stereocenters.